The monoisotopic (exact) mass is 411 g/mol. The van der Waals surface area contributed by atoms with Gasteiger partial charge < -0.3 is 10.1 Å². The summed E-state index contributed by atoms with van der Waals surface area (Å²) in [6, 6.07) is 0.302. The molecule has 1 rings (SSSR count). The van der Waals surface area contributed by atoms with Crippen LogP contribution < -0.4 is 5.32 Å². The van der Waals surface area contributed by atoms with E-state index >= 15 is 0 Å². The Labute approximate surface area is 184 Å². The Hall–Kier alpha value is -2.13. The Morgan fingerprint density at radius 2 is 1.17 bits per heavy atom. The molecule has 0 spiro atoms. The molecule has 0 bridgehead atoms. The average molecular weight is 412 g/mol. The SMILES string of the molecule is CC/C=C\C/C=C\C/C=C\C/C=C\C/C=C\C/C=C\CCC(=O)NC1CCOCC1. The van der Waals surface area contributed by atoms with Gasteiger partial charge in [0.25, 0.3) is 0 Å². The van der Waals surface area contributed by atoms with Crippen LogP contribution in [0.1, 0.15) is 71.1 Å². The Morgan fingerprint density at radius 1 is 0.733 bits per heavy atom. The van der Waals surface area contributed by atoms with Gasteiger partial charge in [0.05, 0.1) is 0 Å². The normalized spacial score (nSPS) is 16.4. The number of hydrogen-bond acceptors (Lipinski definition) is 2. The van der Waals surface area contributed by atoms with Gasteiger partial charge in [-0.05, 0) is 57.8 Å². The van der Waals surface area contributed by atoms with Crippen LogP contribution in [0, 0.1) is 0 Å². The minimum atomic E-state index is 0.154. The summed E-state index contributed by atoms with van der Waals surface area (Å²) in [4.78, 5) is 11.9. The van der Waals surface area contributed by atoms with Crippen LogP contribution in [0.2, 0.25) is 0 Å². The van der Waals surface area contributed by atoms with Crippen LogP contribution in [-0.2, 0) is 9.53 Å². The number of ether oxygens (including phenoxy) is 1. The van der Waals surface area contributed by atoms with Gasteiger partial charge in [0, 0.05) is 25.7 Å². The molecule has 1 aliphatic rings. The maximum atomic E-state index is 11.9. The van der Waals surface area contributed by atoms with E-state index in [2.05, 4.69) is 85.2 Å². The minimum Gasteiger partial charge on any atom is -0.381 e. The van der Waals surface area contributed by atoms with Crippen molar-refractivity contribution in [3.05, 3.63) is 72.9 Å². The van der Waals surface area contributed by atoms with Crippen LogP contribution in [0.5, 0.6) is 0 Å². The molecule has 0 aromatic carbocycles. The lowest BCUT2D eigenvalue weighted by molar-refractivity contribution is -0.122. The minimum absolute atomic E-state index is 0.154. The van der Waals surface area contributed by atoms with Crippen molar-refractivity contribution in [1.29, 1.82) is 0 Å². The van der Waals surface area contributed by atoms with Gasteiger partial charge >= 0.3 is 0 Å². The van der Waals surface area contributed by atoms with E-state index < -0.39 is 0 Å². The molecule has 1 heterocycles. The van der Waals surface area contributed by atoms with E-state index in [0.29, 0.717) is 12.5 Å². The van der Waals surface area contributed by atoms with Crippen LogP contribution >= 0.6 is 0 Å². The first-order valence-electron chi connectivity index (χ1n) is 11.6. The van der Waals surface area contributed by atoms with Crippen molar-refractivity contribution in [2.24, 2.45) is 0 Å². The van der Waals surface area contributed by atoms with E-state index in [9.17, 15) is 4.79 Å². The van der Waals surface area contributed by atoms with Gasteiger partial charge in [-0.1, -0.05) is 79.8 Å². The van der Waals surface area contributed by atoms with E-state index in [1.807, 2.05) is 0 Å². The maximum Gasteiger partial charge on any atom is 0.220 e. The van der Waals surface area contributed by atoms with Crippen LogP contribution in [0.4, 0.5) is 0 Å². The maximum absolute atomic E-state index is 11.9. The molecule has 1 amide bonds. The highest BCUT2D eigenvalue weighted by molar-refractivity contribution is 5.76. The Balaban J connectivity index is 1.94. The van der Waals surface area contributed by atoms with Crippen LogP contribution in [0.3, 0.4) is 0 Å². The number of hydrogen-bond donors (Lipinski definition) is 1. The molecular weight excluding hydrogens is 370 g/mol. The van der Waals surface area contributed by atoms with Crippen LogP contribution in [0.15, 0.2) is 72.9 Å². The fourth-order valence-electron chi connectivity index (χ4n) is 3.00. The first-order valence-corrected chi connectivity index (χ1v) is 11.6. The van der Waals surface area contributed by atoms with Crippen molar-refractivity contribution >= 4 is 5.91 Å². The van der Waals surface area contributed by atoms with Crippen molar-refractivity contribution in [1.82, 2.24) is 5.32 Å². The molecule has 0 aliphatic carbocycles. The number of nitrogens with one attached hydrogen (secondary N) is 1. The van der Waals surface area contributed by atoms with Crippen molar-refractivity contribution in [3.8, 4) is 0 Å². The molecule has 0 aromatic rings. The number of carbonyl (C=O) groups is 1. The lowest BCUT2D eigenvalue weighted by atomic mass is 10.1. The van der Waals surface area contributed by atoms with Crippen LogP contribution in [0.25, 0.3) is 0 Å². The molecule has 3 heteroatoms. The average Bonchev–Trinajstić information content (AvgIpc) is 2.76. The van der Waals surface area contributed by atoms with E-state index in [1.165, 1.54) is 0 Å². The van der Waals surface area contributed by atoms with Gasteiger partial charge in [0.15, 0.2) is 0 Å². The molecule has 1 fully saturated rings. The molecule has 166 valence electrons. The number of carbonyl (C=O) groups excluding carboxylic acids is 1. The van der Waals surface area contributed by atoms with Gasteiger partial charge in [0.2, 0.25) is 5.91 Å². The molecule has 0 unspecified atom stereocenters. The largest absolute Gasteiger partial charge is 0.381 e. The van der Waals surface area contributed by atoms with Crippen molar-refractivity contribution < 1.29 is 9.53 Å². The smallest absolute Gasteiger partial charge is 0.220 e. The van der Waals surface area contributed by atoms with Gasteiger partial charge in [-0.15, -0.1) is 0 Å². The first-order chi connectivity index (χ1) is 14.8. The molecule has 3 nitrogen and oxygen atoms in total. The first kappa shape index (κ1) is 25.9. The second kappa shape index (κ2) is 20.2. The lowest BCUT2D eigenvalue weighted by Gasteiger charge is -2.22. The zero-order valence-corrected chi connectivity index (χ0v) is 18.8. The Bertz CT molecular complexity index is 590. The van der Waals surface area contributed by atoms with E-state index in [-0.39, 0.29) is 5.91 Å². The van der Waals surface area contributed by atoms with Gasteiger partial charge in [-0.25, -0.2) is 0 Å². The molecule has 0 aromatic heterocycles. The summed E-state index contributed by atoms with van der Waals surface area (Å²) in [6.45, 7) is 3.68. The van der Waals surface area contributed by atoms with E-state index in [0.717, 1.165) is 71.0 Å². The van der Waals surface area contributed by atoms with Crippen molar-refractivity contribution in [3.63, 3.8) is 0 Å². The second-order valence-electron chi connectivity index (χ2n) is 7.41. The van der Waals surface area contributed by atoms with E-state index in [4.69, 9.17) is 4.74 Å². The highest BCUT2D eigenvalue weighted by Gasteiger charge is 2.15. The molecule has 1 N–H and O–H groups in total. The quantitative estimate of drug-likeness (QED) is 0.302. The number of allylic oxidation sites excluding steroid dienone is 12. The molecule has 1 aliphatic heterocycles. The molecule has 1 saturated heterocycles. The second-order valence-corrected chi connectivity index (χ2v) is 7.41. The summed E-state index contributed by atoms with van der Waals surface area (Å²) in [6.07, 6.45) is 35.6. The third-order valence-corrected chi connectivity index (χ3v) is 4.72. The molecular formula is C27H41NO2. The molecule has 0 saturated carbocycles. The summed E-state index contributed by atoms with van der Waals surface area (Å²) in [5.41, 5.74) is 0. The van der Waals surface area contributed by atoms with Gasteiger partial charge in [-0.3, -0.25) is 4.79 Å². The van der Waals surface area contributed by atoms with Gasteiger partial charge in [0.1, 0.15) is 0 Å². The molecule has 30 heavy (non-hydrogen) atoms. The summed E-state index contributed by atoms with van der Waals surface area (Å²) < 4.78 is 5.30. The highest BCUT2D eigenvalue weighted by atomic mass is 16.5. The zero-order chi connectivity index (χ0) is 21.5. The summed E-state index contributed by atoms with van der Waals surface area (Å²) in [5, 5.41) is 3.09. The van der Waals surface area contributed by atoms with Gasteiger partial charge in [-0.2, -0.15) is 0 Å². The molecule has 0 atom stereocenters. The fourth-order valence-corrected chi connectivity index (χ4v) is 3.00. The summed E-state index contributed by atoms with van der Waals surface area (Å²) in [5.74, 6) is 0.154. The van der Waals surface area contributed by atoms with E-state index in [1.54, 1.807) is 0 Å². The standard InChI is InChI=1S/C27H41NO2/c1-2-3-4-5-6-7-8-9-10-11-12-13-14-15-16-17-18-19-20-21-27(29)28-26-22-24-30-25-23-26/h3-4,6-7,9-10,12-13,15-16,18-19,26H,2,5,8,11,14,17,20-25H2,1H3,(H,28,29)/b4-3-,7-6-,10-9-,13-12-,16-15-,19-18-. The Morgan fingerprint density at radius 3 is 1.63 bits per heavy atom. The third kappa shape index (κ3) is 16.8. The lowest BCUT2D eigenvalue weighted by Crippen LogP contribution is -2.38. The molecule has 0 radical (unpaired) electrons. The summed E-state index contributed by atoms with van der Waals surface area (Å²) >= 11 is 0. The predicted octanol–water partition coefficient (Wildman–Crippen LogP) is 6.76. The zero-order valence-electron chi connectivity index (χ0n) is 18.8. The topological polar surface area (TPSA) is 38.3 Å². The predicted molar refractivity (Wildman–Crippen MR) is 129 cm³/mol. The number of amides is 1. The van der Waals surface area contributed by atoms with Crippen molar-refractivity contribution in [2.45, 2.75) is 77.2 Å². The fraction of sp³-hybridized carbons (Fsp3) is 0.519. The highest BCUT2D eigenvalue weighted by Crippen LogP contribution is 2.06. The summed E-state index contributed by atoms with van der Waals surface area (Å²) in [7, 11) is 0. The number of rotatable bonds is 15. The third-order valence-electron chi connectivity index (χ3n) is 4.72. The Kier molecular flexibility index (Phi) is 17.4. The van der Waals surface area contributed by atoms with Crippen molar-refractivity contribution in [2.75, 3.05) is 13.2 Å². The van der Waals surface area contributed by atoms with Crippen LogP contribution in [-0.4, -0.2) is 25.2 Å².